The molecule has 4 rings (SSSR count). The van der Waals surface area contributed by atoms with Crippen LogP contribution in [0.2, 0.25) is 0 Å². The minimum absolute atomic E-state index is 0.361. The minimum Gasteiger partial charge on any atom is -0.507 e. The molecular weight excluding hydrogens is 248 g/mol. The van der Waals surface area contributed by atoms with E-state index in [1.165, 1.54) is 32.4 Å². The third-order valence-electron chi connectivity index (χ3n) is 4.85. The highest BCUT2D eigenvalue weighted by atomic mass is 16.3. The Bertz CT molecular complexity index is 640. The van der Waals surface area contributed by atoms with Crippen molar-refractivity contribution in [3.05, 3.63) is 36.4 Å². The van der Waals surface area contributed by atoms with Gasteiger partial charge in [0, 0.05) is 35.1 Å². The van der Waals surface area contributed by atoms with Crippen molar-refractivity contribution in [2.24, 2.45) is 0 Å². The average molecular weight is 268 g/mol. The van der Waals surface area contributed by atoms with E-state index in [4.69, 9.17) is 0 Å². The Hall–Kier alpha value is -1.74. The Morgan fingerprint density at radius 2 is 1.85 bits per heavy atom. The van der Waals surface area contributed by atoms with Crippen LogP contribution in [0.1, 0.15) is 19.3 Å². The summed E-state index contributed by atoms with van der Waals surface area (Å²) in [6, 6.07) is 13.1. The SMILES string of the molecule is Oc1cccc2c(NC3CCN4CCCC34)cccc12. The number of nitrogens with one attached hydrogen (secondary N) is 1. The first kappa shape index (κ1) is 12.0. The van der Waals surface area contributed by atoms with Crippen molar-refractivity contribution in [2.75, 3.05) is 18.4 Å². The van der Waals surface area contributed by atoms with Gasteiger partial charge in [-0.2, -0.15) is 0 Å². The molecule has 20 heavy (non-hydrogen) atoms. The summed E-state index contributed by atoms with van der Waals surface area (Å²) < 4.78 is 0. The van der Waals surface area contributed by atoms with Gasteiger partial charge in [0.15, 0.2) is 0 Å². The molecule has 2 heterocycles. The molecular formula is C17H20N2O. The van der Waals surface area contributed by atoms with E-state index in [2.05, 4.69) is 22.3 Å². The van der Waals surface area contributed by atoms with Gasteiger partial charge >= 0.3 is 0 Å². The predicted molar refractivity (Wildman–Crippen MR) is 82.2 cm³/mol. The van der Waals surface area contributed by atoms with Crippen LogP contribution in [0.3, 0.4) is 0 Å². The second-order valence-corrected chi connectivity index (χ2v) is 5.96. The molecule has 0 aliphatic carbocycles. The second-order valence-electron chi connectivity index (χ2n) is 5.96. The van der Waals surface area contributed by atoms with Crippen molar-refractivity contribution in [1.29, 1.82) is 0 Å². The summed E-state index contributed by atoms with van der Waals surface area (Å²) in [4.78, 5) is 2.61. The molecule has 3 nitrogen and oxygen atoms in total. The molecule has 2 N–H and O–H groups in total. The quantitative estimate of drug-likeness (QED) is 0.878. The molecule has 2 saturated heterocycles. The molecule has 2 fully saturated rings. The lowest BCUT2D eigenvalue weighted by molar-refractivity contribution is 0.318. The molecule has 2 aromatic rings. The molecule has 0 spiro atoms. The van der Waals surface area contributed by atoms with Gasteiger partial charge in [-0.15, -0.1) is 0 Å². The van der Waals surface area contributed by atoms with Crippen molar-refractivity contribution >= 4 is 16.5 Å². The van der Waals surface area contributed by atoms with Crippen LogP contribution < -0.4 is 5.32 Å². The summed E-state index contributed by atoms with van der Waals surface area (Å²) in [5, 5.41) is 15.7. The Balaban J connectivity index is 1.67. The van der Waals surface area contributed by atoms with Crippen molar-refractivity contribution < 1.29 is 5.11 Å². The first-order chi connectivity index (χ1) is 9.83. The van der Waals surface area contributed by atoms with Crippen molar-refractivity contribution in [1.82, 2.24) is 4.90 Å². The topological polar surface area (TPSA) is 35.5 Å². The van der Waals surface area contributed by atoms with Crippen molar-refractivity contribution in [2.45, 2.75) is 31.3 Å². The number of benzene rings is 2. The number of fused-ring (bicyclic) bond motifs is 2. The standard InChI is InChI=1S/C17H20N2O/c20-17-8-2-4-12-13(17)5-1-6-14(12)18-15-9-11-19-10-3-7-16(15)19/h1-2,4-6,8,15-16,18,20H,3,7,9-11H2. The molecule has 0 aromatic heterocycles. The maximum absolute atomic E-state index is 9.97. The molecule has 2 atom stereocenters. The maximum Gasteiger partial charge on any atom is 0.123 e. The van der Waals surface area contributed by atoms with Crippen LogP contribution in [0.5, 0.6) is 5.75 Å². The smallest absolute Gasteiger partial charge is 0.123 e. The molecule has 2 unspecified atom stereocenters. The van der Waals surface area contributed by atoms with Crippen molar-refractivity contribution in [3.8, 4) is 5.75 Å². The summed E-state index contributed by atoms with van der Waals surface area (Å²) in [5.41, 5.74) is 1.15. The summed E-state index contributed by atoms with van der Waals surface area (Å²) in [6.07, 6.45) is 3.87. The lowest BCUT2D eigenvalue weighted by Crippen LogP contribution is -2.33. The van der Waals surface area contributed by atoms with E-state index >= 15 is 0 Å². The Kier molecular flexibility index (Phi) is 2.81. The molecule has 0 bridgehead atoms. The third kappa shape index (κ3) is 1.85. The van der Waals surface area contributed by atoms with Gasteiger partial charge < -0.3 is 10.4 Å². The maximum atomic E-state index is 9.97. The monoisotopic (exact) mass is 268 g/mol. The fourth-order valence-corrected chi connectivity index (χ4v) is 3.87. The molecule has 2 aromatic carbocycles. The van der Waals surface area contributed by atoms with E-state index in [1.54, 1.807) is 6.07 Å². The van der Waals surface area contributed by atoms with Gasteiger partial charge in [0.1, 0.15) is 5.75 Å². The number of aromatic hydroxyl groups is 1. The van der Waals surface area contributed by atoms with Gasteiger partial charge in [-0.1, -0.05) is 24.3 Å². The highest BCUT2D eigenvalue weighted by Crippen LogP contribution is 2.34. The van der Waals surface area contributed by atoms with Crippen LogP contribution in [0.25, 0.3) is 10.8 Å². The second kappa shape index (κ2) is 4.67. The van der Waals surface area contributed by atoms with Crippen LogP contribution in [0, 0.1) is 0 Å². The normalized spacial score (nSPS) is 26.0. The Labute approximate surface area is 119 Å². The molecule has 0 radical (unpaired) electrons. The van der Waals surface area contributed by atoms with Crippen LogP contribution in [0.4, 0.5) is 5.69 Å². The molecule has 104 valence electrons. The van der Waals surface area contributed by atoms with Crippen LogP contribution in [-0.4, -0.2) is 35.2 Å². The Morgan fingerprint density at radius 1 is 1.00 bits per heavy atom. The number of anilines is 1. The average Bonchev–Trinajstić information content (AvgIpc) is 3.05. The van der Waals surface area contributed by atoms with E-state index in [1.807, 2.05) is 18.2 Å². The lowest BCUT2D eigenvalue weighted by atomic mass is 10.0. The summed E-state index contributed by atoms with van der Waals surface area (Å²) in [6.45, 7) is 2.48. The Morgan fingerprint density at radius 3 is 2.80 bits per heavy atom. The van der Waals surface area contributed by atoms with Gasteiger partial charge in [-0.3, -0.25) is 4.90 Å². The van der Waals surface area contributed by atoms with Crippen molar-refractivity contribution in [3.63, 3.8) is 0 Å². The van der Waals surface area contributed by atoms with E-state index in [0.717, 1.165) is 16.5 Å². The van der Waals surface area contributed by atoms with Gasteiger partial charge in [0.05, 0.1) is 0 Å². The molecule has 0 saturated carbocycles. The predicted octanol–water partition coefficient (Wildman–Crippen LogP) is 3.19. The van der Waals surface area contributed by atoms with E-state index in [0.29, 0.717) is 17.8 Å². The van der Waals surface area contributed by atoms with Gasteiger partial charge in [-0.25, -0.2) is 0 Å². The van der Waals surface area contributed by atoms with E-state index < -0.39 is 0 Å². The highest BCUT2D eigenvalue weighted by molar-refractivity contribution is 5.97. The van der Waals surface area contributed by atoms with Crippen LogP contribution >= 0.6 is 0 Å². The third-order valence-corrected chi connectivity index (χ3v) is 4.85. The number of phenolic OH excluding ortho intramolecular Hbond substituents is 1. The minimum atomic E-state index is 0.361. The summed E-state index contributed by atoms with van der Waals surface area (Å²) >= 11 is 0. The molecule has 0 amide bonds. The van der Waals surface area contributed by atoms with Gasteiger partial charge in [-0.05, 0) is 37.9 Å². The zero-order valence-corrected chi connectivity index (χ0v) is 11.5. The highest BCUT2D eigenvalue weighted by Gasteiger charge is 2.37. The summed E-state index contributed by atoms with van der Waals surface area (Å²) in [5.74, 6) is 0.361. The van der Waals surface area contributed by atoms with E-state index in [9.17, 15) is 5.11 Å². The van der Waals surface area contributed by atoms with Gasteiger partial charge in [0.25, 0.3) is 0 Å². The van der Waals surface area contributed by atoms with Crippen LogP contribution in [0.15, 0.2) is 36.4 Å². The number of phenols is 1. The van der Waals surface area contributed by atoms with Crippen LogP contribution in [-0.2, 0) is 0 Å². The zero-order valence-electron chi connectivity index (χ0n) is 11.5. The lowest BCUT2D eigenvalue weighted by Gasteiger charge is -2.23. The largest absolute Gasteiger partial charge is 0.507 e. The molecule has 2 aliphatic heterocycles. The number of nitrogens with zero attached hydrogens (tertiary/aromatic N) is 1. The number of rotatable bonds is 2. The summed E-state index contributed by atoms with van der Waals surface area (Å²) in [7, 11) is 0. The number of hydrogen-bond donors (Lipinski definition) is 2. The fraction of sp³-hybridized carbons (Fsp3) is 0.412. The number of hydrogen-bond acceptors (Lipinski definition) is 3. The molecule has 3 heteroatoms. The molecule has 2 aliphatic rings. The first-order valence-electron chi connectivity index (χ1n) is 7.54. The van der Waals surface area contributed by atoms with Gasteiger partial charge in [0.2, 0.25) is 0 Å². The zero-order chi connectivity index (χ0) is 13.5. The first-order valence-corrected chi connectivity index (χ1v) is 7.54. The fourth-order valence-electron chi connectivity index (χ4n) is 3.87. The van der Waals surface area contributed by atoms with E-state index in [-0.39, 0.29) is 0 Å².